The van der Waals surface area contributed by atoms with Crippen molar-refractivity contribution in [3.63, 3.8) is 0 Å². The first kappa shape index (κ1) is 23.0. The Bertz CT molecular complexity index is 1300. The van der Waals surface area contributed by atoms with Gasteiger partial charge in [0.2, 0.25) is 0 Å². The summed E-state index contributed by atoms with van der Waals surface area (Å²) in [5.74, 6) is 0.824. The maximum Gasteiger partial charge on any atom is 0.182 e. The van der Waals surface area contributed by atoms with Crippen LogP contribution in [0.15, 0.2) is 116 Å². The molecule has 0 saturated carbocycles. The summed E-state index contributed by atoms with van der Waals surface area (Å²) >= 11 is 6.53. The van der Waals surface area contributed by atoms with Crippen molar-refractivity contribution >= 4 is 57.6 Å². The fourth-order valence-corrected chi connectivity index (χ4v) is 6.82. The molecule has 0 saturated heterocycles. The number of hydrogen-bond donors (Lipinski definition) is 2. The molecular formula is C26H22N2O2S4. The van der Waals surface area contributed by atoms with E-state index >= 15 is 0 Å². The number of thiophene rings is 2. The molecule has 4 aromatic rings. The molecule has 8 heteroatoms. The highest BCUT2D eigenvalue weighted by molar-refractivity contribution is 8.00. The predicted octanol–water partition coefficient (Wildman–Crippen LogP) is 7.92. The minimum atomic E-state index is -0.591. The van der Waals surface area contributed by atoms with Gasteiger partial charge in [-0.15, -0.1) is 22.7 Å². The number of rotatable bonds is 8. The lowest BCUT2D eigenvalue weighted by Gasteiger charge is -2.31. The van der Waals surface area contributed by atoms with Gasteiger partial charge >= 0.3 is 0 Å². The van der Waals surface area contributed by atoms with Gasteiger partial charge in [0.15, 0.2) is 15.1 Å². The molecule has 0 amide bonds. The van der Waals surface area contributed by atoms with E-state index in [2.05, 4.69) is 23.6 Å². The van der Waals surface area contributed by atoms with E-state index in [1.807, 2.05) is 72.1 Å². The zero-order valence-electron chi connectivity index (χ0n) is 18.0. The Balaban J connectivity index is 1.34. The fourth-order valence-electron chi connectivity index (χ4n) is 3.26. The second kappa shape index (κ2) is 10.2. The maximum atomic E-state index is 6.63. The van der Waals surface area contributed by atoms with Crippen molar-refractivity contribution in [2.75, 3.05) is 11.5 Å². The molecule has 0 bridgehead atoms. The van der Waals surface area contributed by atoms with Crippen molar-refractivity contribution in [2.45, 2.75) is 26.0 Å². The molecule has 172 valence electrons. The van der Waals surface area contributed by atoms with E-state index in [-0.39, 0.29) is 0 Å². The Morgan fingerprint density at radius 3 is 2.21 bits per heavy atom. The van der Waals surface area contributed by atoms with Crippen LogP contribution in [0.2, 0.25) is 0 Å². The molecule has 2 aromatic carbocycles. The summed E-state index contributed by atoms with van der Waals surface area (Å²) in [6.07, 6.45) is 6.83. The highest BCUT2D eigenvalue weighted by Gasteiger charge is 2.33. The van der Waals surface area contributed by atoms with Crippen LogP contribution in [0, 0.1) is 0 Å². The van der Waals surface area contributed by atoms with Crippen LogP contribution < -0.4 is 20.9 Å². The highest BCUT2D eigenvalue weighted by Crippen LogP contribution is 2.44. The number of nitrogen functional groups attached to an aromatic ring is 2. The van der Waals surface area contributed by atoms with Crippen molar-refractivity contribution < 1.29 is 9.47 Å². The smallest absolute Gasteiger partial charge is 0.182 e. The largest absolute Gasteiger partial charge is 0.462 e. The van der Waals surface area contributed by atoms with Crippen LogP contribution >= 0.6 is 46.2 Å². The van der Waals surface area contributed by atoms with Crippen LogP contribution in [-0.4, -0.2) is 4.93 Å². The van der Waals surface area contributed by atoms with Crippen molar-refractivity contribution in [1.82, 2.24) is 0 Å². The van der Waals surface area contributed by atoms with Crippen LogP contribution in [0.3, 0.4) is 0 Å². The number of ether oxygens (including phenoxy) is 2. The standard InChI is InChI=1S/C26H22N2O2S4/c27-18-3-7-21(8-4-18)33-23-16-25(32-17-23)30-26(34-22-9-5-19(28)6-10-22)13-11-20(12-14-26)29-24-2-1-15-31-24/h1-13,15-17H,14,27-28H2. The second-order valence-electron chi connectivity index (χ2n) is 7.54. The summed E-state index contributed by atoms with van der Waals surface area (Å²) in [6.45, 7) is 0. The Morgan fingerprint density at radius 1 is 0.824 bits per heavy atom. The first-order chi connectivity index (χ1) is 16.6. The molecule has 0 spiro atoms. The van der Waals surface area contributed by atoms with Crippen LogP contribution in [0.4, 0.5) is 11.4 Å². The second-order valence-corrected chi connectivity index (χ2v) is 11.8. The van der Waals surface area contributed by atoms with Crippen molar-refractivity contribution in [3.8, 4) is 10.1 Å². The van der Waals surface area contributed by atoms with E-state index in [1.54, 1.807) is 46.2 Å². The number of anilines is 2. The van der Waals surface area contributed by atoms with Gasteiger partial charge in [0, 0.05) is 43.9 Å². The van der Waals surface area contributed by atoms with Crippen LogP contribution in [0.1, 0.15) is 6.42 Å². The molecule has 1 aliphatic rings. The van der Waals surface area contributed by atoms with Gasteiger partial charge in [0.25, 0.3) is 0 Å². The first-order valence-corrected chi connectivity index (χ1v) is 13.9. The Hall–Kier alpha value is -2.78. The summed E-state index contributed by atoms with van der Waals surface area (Å²) < 4.78 is 12.6. The Morgan fingerprint density at radius 2 is 1.56 bits per heavy atom. The summed E-state index contributed by atoms with van der Waals surface area (Å²) in [6, 6.07) is 21.8. The van der Waals surface area contributed by atoms with E-state index in [0.717, 1.165) is 41.9 Å². The van der Waals surface area contributed by atoms with E-state index in [1.165, 1.54) is 0 Å². The normalized spacial score (nSPS) is 17.4. The van der Waals surface area contributed by atoms with E-state index < -0.39 is 4.93 Å². The lowest BCUT2D eigenvalue weighted by Crippen LogP contribution is -2.30. The Kier molecular flexibility index (Phi) is 6.92. The lowest BCUT2D eigenvalue weighted by molar-refractivity contribution is 0.221. The van der Waals surface area contributed by atoms with Gasteiger partial charge in [-0.3, -0.25) is 0 Å². The third-order valence-corrected chi connectivity index (χ3v) is 8.83. The number of hydrogen-bond acceptors (Lipinski definition) is 8. The third kappa shape index (κ3) is 5.82. The SMILES string of the molecule is Nc1ccc(Sc2csc(OC3(Sc4ccc(N)cc4)C=CC(Oc4cccs4)=CC3)c2)cc1. The van der Waals surface area contributed by atoms with E-state index in [0.29, 0.717) is 6.42 Å². The average molecular weight is 523 g/mol. The average Bonchev–Trinajstić information content (AvgIpc) is 3.51. The van der Waals surface area contributed by atoms with Gasteiger partial charge in [0.05, 0.1) is 0 Å². The van der Waals surface area contributed by atoms with E-state index in [9.17, 15) is 0 Å². The maximum absolute atomic E-state index is 6.63. The fraction of sp³-hybridized carbons (Fsp3) is 0.0769. The summed E-state index contributed by atoms with van der Waals surface area (Å²) in [4.78, 5) is 2.77. The van der Waals surface area contributed by atoms with Crippen LogP contribution in [0.25, 0.3) is 0 Å². The molecule has 34 heavy (non-hydrogen) atoms. The van der Waals surface area contributed by atoms with Gasteiger partial charge in [-0.25, -0.2) is 0 Å². The highest BCUT2D eigenvalue weighted by atomic mass is 32.2. The predicted molar refractivity (Wildman–Crippen MR) is 146 cm³/mol. The Labute approximate surface area is 215 Å². The van der Waals surface area contributed by atoms with E-state index in [4.69, 9.17) is 20.9 Å². The summed E-state index contributed by atoms with van der Waals surface area (Å²) in [5.41, 5.74) is 13.2. The van der Waals surface area contributed by atoms with Crippen molar-refractivity contribution in [3.05, 3.63) is 101 Å². The van der Waals surface area contributed by atoms with Crippen LogP contribution in [-0.2, 0) is 0 Å². The molecule has 2 heterocycles. The molecule has 0 fully saturated rings. The van der Waals surface area contributed by atoms with Gasteiger partial charge in [-0.2, -0.15) is 0 Å². The summed E-state index contributed by atoms with van der Waals surface area (Å²) in [7, 11) is 0. The molecule has 1 atom stereocenters. The van der Waals surface area contributed by atoms with Gasteiger partial charge in [-0.05, 0) is 84.3 Å². The van der Waals surface area contributed by atoms with Gasteiger partial charge < -0.3 is 20.9 Å². The van der Waals surface area contributed by atoms with Crippen molar-refractivity contribution in [2.24, 2.45) is 0 Å². The zero-order chi connectivity index (χ0) is 23.4. The molecular weight excluding hydrogens is 501 g/mol. The molecule has 5 rings (SSSR count). The minimum absolute atomic E-state index is 0.591. The zero-order valence-corrected chi connectivity index (χ0v) is 21.3. The molecule has 2 aromatic heterocycles. The van der Waals surface area contributed by atoms with Crippen LogP contribution in [0.5, 0.6) is 10.1 Å². The molecule has 0 radical (unpaired) electrons. The number of benzene rings is 2. The number of allylic oxidation sites excluding steroid dienone is 1. The minimum Gasteiger partial charge on any atom is -0.462 e. The van der Waals surface area contributed by atoms with Crippen molar-refractivity contribution in [1.29, 1.82) is 0 Å². The molecule has 4 N–H and O–H groups in total. The molecule has 0 aliphatic heterocycles. The number of thioether (sulfide) groups is 1. The third-order valence-electron chi connectivity index (χ3n) is 4.91. The number of nitrogens with two attached hydrogens (primary N) is 2. The molecule has 4 nitrogen and oxygen atoms in total. The van der Waals surface area contributed by atoms with Gasteiger partial charge in [-0.1, -0.05) is 23.5 Å². The lowest BCUT2D eigenvalue weighted by atomic mass is 10.1. The topological polar surface area (TPSA) is 70.5 Å². The molecule has 1 unspecified atom stereocenters. The quantitative estimate of drug-likeness (QED) is 0.181. The monoisotopic (exact) mass is 522 g/mol. The summed E-state index contributed by atoms with van der Waals surface area (Å²) in [5, 5.41) is 5.86. The first-order valence-electron chi connectivity index (χ1n) is 10.5. The molecule has 1 aliphatic carbocycles. The van der Waals surface area contributed by atoms with Gasteiger partial charge in [0.1, 0.15) is 5.76 Å².